The van der Waals surface area contributed by atoms with E-state index < -0.39 is 17.4 Å². The number of aromatic nitrogens is 1. The lowest BCUT2D eigenvalue weighted by Crippen LogP contribution is -2.56. The first-order valence-electron chi connectivity index (χ1n) is 6.00. The summed E-state index contributed by atoms with van der Waals surface area (Å²) in [6, 6.07) is 1.41. The van der Waals surface area contributed by atoms with E-state index in [1.807, 2.05) is 0 Å². The van der Waals surface area contributed by atoms with E-state index in [1.165, 1.54) is 12.3 Å². The number of amides is 1. The highest BCUT2D eigenvalue weighted by atomic mass is 16.5. The molecule has 1 heterocycles. The van der Waals surface area contributed by atoms with Gasteiger partial charge in [0.2, 0.25) is 0 Å². The van der Waals surface area contributed by atoms with Crippen molar-refractivity contribution in [3.63, 3.8) is 0 Å². The van der Waals surface area contributed by atoms with Crippen molar-refractivity contribution in [3.8, 4) is 0 Å². The van der Waals surface area contributed by atoms with Gasteiger partial charge in [0, 0.05) is 6.07 Å². The molecule has 0 unspecified atom stereocenters. The number of hydrogen-bond donors (Lipinski definition) is 2. The number of carboxylic acid groups (broad SMARTS) is 1. The quantitative estimate of drug-likeness (QED) is 0.849. The molecule has 0 radical (unpaired) electrons. The van der Waals surface area contributed by atoms with Crippen molar-refractivity contribution < 1.29 is 19.2 Å². The molecular formula is C12H16N2O4. The van der Waals surface area contributed by atoms with E-state index in [4.69, 9.17) is 0 Å². The third kappa shape index (κ3) is 2.37. The van der Waals surface area contributed by atoms with Gasteiger partial charge in [-0.05, 0) is 31.6 Å². The van der Waals surface area contributed by atoms with Gasteiger partial charge in [-0.15, -0.1) is 0 Å². The molecule has 1 saturated carbocycles. The summed E-state index contributed by atoms with van der Waals surface area (Å²) < 4.78 is 4.58. The summed E-state index contributed by atoms with van der Waals surface area (Å²) in [7, 11) is 0. The molecular weight excluding hydrogens is 236 g/mol. The fourth-order valence-corrected chi connectivity index (χ4v) is 2.26. The van der Waals surface area contributed by atoms with Crippen LogP contribution in [0.4, 0.5) is 0 Å². The number of nitrogens with one attached hydrogen (secondary N) is 1. The van der Waals surface area contributed by atoms with E-state index in [2.05, 4.69) is 21.9 Å². The predicted octanol–water partition coefficient (Wildman–Crippen LogP) is 1.44. The van der Waals surface area contributed by atoms with Crippen LogP contribution in [0.15, 0.2) is 16.9 Å². The van der Waals surface area contributed by atoms with Gasteiger partial charge in [0.15, 0.2) is 5.69 Å². The second-order valence-electron chi connectivity index (χ2n) is 4.91. The lowest BCUT2D eigenvalue weighted by Gasteiger charge is -2.36. The lowest BCUT2D eigenvalue weighted by atomic mass is 9.77. The van der Waals surface area contributed by atoms with Gasteiger partial charge in [0.25, 0.3) is 5.91 Å². The maximum atomic E-state index is 11.9. The Morgan fingerprint density at radius 3 is 2.67 bits per heavy atom. The van der Waals surface area contributed by atoms with Gasteiger partial charge < -0.3 is 14.9 Å². The standard InChI is InChI=1S/C12H16N2O4/c1-8-2-5-12(6-3-8,11(16)17)13-10(15)9-4-7-18-14-9/h4,7-8H,2-3,5-6H2,1H3,(H,13,15)(H,16,17). The van der Waals surface area contributed by atoms with E-state index in [0.29, 0.717) is 18.8 Å². The van der Waals surface area contributed by atoms with Crippen LogP contribution >= 0.6 is 0 Å². The van der Waals surface area contributed by atoms with Crippen molar-refractivity contribution in [3.05, 3.63) is 18.0 Å². The van der Waals surface area contributed by atoms with Crippen molar-refractivity contribution in [1.82, 2.24) is 10.5 Å². The summed E-state index contributed by atoms with van der Waals surface area (Å²) in [6.07, 6.45) is 3.78. The van der Waals surface area contributed by atoms with E-state index in [9.17, 15) is 14.7 Å². The Morgan fingerprint density at radius 2 is 2.17 bits per heavy atom. The number of carboxylic acids is 1. The molecule has 6 nitrogen and oxygen atoms in total. The van der Waals surface area contributed by atoms with Crippen LogP contribution in [0.3, 0.4) is 0 Å². The van der Waals surface area contributed by atoms with Crippen molar-refractivity contribution in [2.45, 2.75) is 38.1 Å². The lowest BCUT2D eigenvalue weighted by molar-refractivity contribution is -0.146. The molecule has 2 rings (SSSR count). The summed E-state index contributed by atoms with van der Waals surface area (Å²) >= 11 is 0. The molecule has 0 spiro atoms. The first-order chi connectivity index (χ1) is 8.53. The summed E-state index contributed by atoms with van der Waals surface area (Å²) in [4.78, 5) is 23.3. The van der Waals surface area contributed by atoms with Crippen LogP contribution in [0.5, 0.6) is 0 Å². The van der Waals surface area contributed by atoms with Crippen molar-refractivity contribution >= 4 is 11.9 Å². The largest absolute Gasteiger partial charge is 0.480 e. The van der Waals surface area contributed by atoms with Crippen LogP contribution in [0.25, 0.3) is 0 Å². The fourth-order valence-electron chi connectivity index (χ4n) is 2.26. The van der Waals surface area contributed by atoms with Crippen LogP contribution in [-0.4, -0.2) is 27.7 Å². The van der Waals surface area contributed by atoms with Crippen molar-refractivity contribution in [2.75, 3.05) is 0 Å². The third-order valence-electron chi connectivity index (χ3n) is 3.56. The smallest absolute Gasteiger partial charge is 0.329 e. The topological polar surface area (TPSA) is 92.4 Å². The minimum absolute atomic E-state index is 0.106. The Hall–Kier alpha value is -1.85. The van der Waals surface area contributed by atoms with Gasteiger partial charge in [-0.1, -0.05) is 12.1 Å². The maximum Gasteiger partial charge on any atom is 0.329 e. The Morgan fingerprint density at radius 1 is 1.50 bits per heavy atom. The molecule has 1 fully saturated rings. The Kier molecular flexibility index (Phi) is 3.36. The van der Waals surface area contributed by atoms with Gasteiger partial charge in [-0.2, -0.15) is 0 Å². The van der Waals surface area contributed by atoms with Crippen LogP contribution < -0.4 is 5.32 Å². The van der Waals surface area contributed by atoms with Gasteiger partial charge in [-0.25, -0.2) is 4.79 Å². The van der Waals surface area contributed by atoms with Gasteiger partial charge in [0.1, 0.15) is 11.8 Å². The van der Waals surface area contributed by atoms with Gasteiger partial charge >= 0.3 is 5.97 Å². The molecule has 0 saturated heterocycles. The Labute approximate surface area is 104 Å². The zero-order valence-corrected chi connectivity index (χ0v) is 10.2. The number of aliphatic carboxylic acids is 1. The summed E-state index contributed by atoms with van der Waals surface area (Å²) in [5.74, 6) is -0.978. The SMILES string of the molecule is CC1CCC(NC(=O)c2ccon2)(C(=O)O)CC1. The molecule has 18 heavy (non-hydrogen) atoms. The van der Waals surface area contributed by atoms with E-state index in [0.717, 1.165) is 12.8 Å². The van der Waals surface area contributed by atoms with Gasteiger partial charge in [0.05, 0.1) is 0 Å². The van der Waals surface area contributed by atoms with Crippen LogP contribution in [-0.2, 0) is 4.79 Å². The average Bonchev–Trinajstić information content (AvgIpc) is 2.85. The summed E-state index contributed by atoms with van der Waals surface area (Å²) in [5.41, 5.74) is -1.06. The highest BCUT2D eigenvalue weighted by Crippen LogP contribution is 2.32. The molecule has 1 aromatic heterocycles. The Balaban J connectivity index is 2.12. The molecule has 0 aromatic carbocycles. The van der Waals surface area contributed by atoms with Crippen molar-refractivity contribution in [2.24, 2.45) is 5.92 Å². The zero-order chi connectivity index (χ0) is 13.2. The predicted molar refractivity (Wildman–Crippen MR) is 62.0 cm³/mol. The molecule has 0 aliphatic heterocycles. The van der Waals surface area contributed by atoms with Crippen LogP contribution in [0.1, 0.15) is 43.1 Å². The molecule has 2 N–H and O–H groups in total. The second-order valence-corrected chi connectivity index (χ2v) is 4.91. The number of nitrogens with zero attached hydrogens (tertiary/aromatic N) is 1. The third-order valence-corrected chi connectivity index (χ3v) is 3.56. The van der Waals surface area contributed by atoms with Gasteiger partial charge in [-0.3, -0.25) is 4.79 Å². The number of hydrogen-bond acceptors (Lipinski definition) is 4. The molecule has 1 aliphatic rings. The number of rotatable bonds is 3. The van der Waals surface area contributed by atoms with E-state index in [1.54, 1.807) is 0 Å². The molecule has 98 valence electrons. The molecule has 0 bridgehead atoms. The molecule has 0 atom stereocenters. The van der Waals surface area contributed by atoms with Crippen LogP contribution in [0, 0.1) is 5.92 Å². The minimum Gasteiger partial charge on any atom is -0.480 e. The molecule has 1 amide bonds. The fraction of sp³-hybridized carbons (Fsp3) is 0.583. The summed E-state index contributed by atoms with van der Waals surface area (Å²) in [5, 5.41) is 15.5. The molecule has 6 heteroatoms. The normalized spacial score (nSPS) is 27.7. The maximum absolute atomic E-state index is 11.9. The zero-order valence-electron chi connectivity index (χ0n) is 10.2. The number of carbonyl (C=O) groups excluding carboxylic acids is 1. The summed E-state index contributed by atoms with van der Waals surface area (Å²) in [6.45, 7) is 2.09. The van der Waals surface area contributed by atoms with E-state index in [-0.39, 0.29) is 5.69 Å². The monoisotopic (exact) mass is 252 g/mol. The average molecular weight is 252 g/mol. The highest BCUT2D eigenvalue weighted by Gasteiger charge is 2.42. The van der Waals surface area contributed by atoms with E-state index >= 15 is 0 Å². The Bertz CT molecular complexity index is 433. The number of carbonyl (C=O) groups is 2. The highest BCUT2D eigenvalue weighted by molar-refractivity contribution is 5.96. The first-order valence-corrected chi connectivity index (χ1v) is 6.00. The second kappa shape index (κ2) is 4.80. The molecule has 1 aromatic rings. The van der Waals surface area contributed by atoms with Crippen LogP contribution in [0.2, 0.25) is 0 Å². The van der Waals surface area contributed by atoms with Crippen molar-refractivity contribution in [1.29, 1.82) is 0 Å². The molecule has 1 aliphatic carbocycles. The first kappa shape index (κ1) is 12.6. The minimum atomic E-state index is -1.16.